The molecule has 148 valence electrons. The Morgan fingerprint density at radius 2 is 2.19 bits per heavy atom. The summed E-state index contributed by atoms with van der Waals surface area (Å²) in [5, 5.41) is 0. The molecule has 0 bridgehead atoms. The molecule has 1 aromatic rings. The van der Waals surface area contributed by atoms with E-state index in [2.05, 4.69) is 4.99 Å². The number of carbonyl (C=O) groups excluding carboxylic acids is 1. The molecule has 1 aromatic carbocycles. The van der Waals surface area contributed by atoms with Crippen LogP contribution in [-0.2, 0) is 16.1 Å². The van der Waals surface area contributed by atoms with Gasteiger partial charge >= 0.3 is 0 Å². The van der Waals surface area contributed by atoms with E-state index in [0.29, 0.717) is 24.3 Å². The Morgan fingerprint density at radius 3 is 2.74 bits per heavy atom. The molecule has 1 heterocycles. The van der Waals surface area contributed by atoms with Crippen LogP contribution < -0.4 is 16.2 Å². The first-order valence-corrected chi connectivity index (χ1v) is 9.34. The van der Waals surface area contributed by atoms with E-state index in [-0.39, 0.29) is 29.5 Å². The predicted octanol–water partition coefficient (Wildman–Crippen LogP) is 1.95. The lowest BCUT2D eigenvalue weighted by molar-refractivity contribution is -0.129. The SMILES string of the molecule is CCC1(C)CC(=O)N(Cc2cc(C(N)=S)ccc2OC(C)COC)C(N)=N1. The fourth-order valence-electron chi connectivity index (χ4n) is 2.93. The number of guanidine groups is 1. The number of nitrogens with two attached hydrogens (primary N) is 2. The maximum absolute atomic E-state index is 12.7. The molecule has 0 saturated carbocycles. The third-order valence-electron chi connectivity index (χ3n) is 4.66. The summed E-state index contributed by atoms with van der Waals surface area (Å²) in [7, 11) is 1.62. The van der Waals surface area contributed by atoms with Crippen LogP contribution in [0.2, 0.25) is 0 Å². The van der Waals surface area contributed by atoms with Crippen molar-refractivity contribution in [3.8, 4) is 5.75 Å². The summed E-state index contributed by atoms with van der Waals surface area (Å²) < 4.78 is 11.1. The van der Waals surface area contributed by atoms with Gasteiger partial charge in [0.1, 0.15) is 16.8 Å². The van der Waals surface area contributed by atoms with Gasteiger partial charge in [0.2, 0.25) is 5.91 Å². The molecule has 0 saturated heterocycles. The number of methoxy groups -OCH3 is 1. The van der Waals surface area contributed by atoms with Gasteiger partial charge in [-0.2, -0.15) is 0 Å². The summed E-state index contributed by atoms with van der Waals surface area (Å²) in [6, 6.07) is 5.42. The van der Waals surface area contributed by atoms with Gasteiger partial charge in [0.25, 0.3) is 0 Å². The Hall–Kier alpha value is -2.19. The average molecular weight is 393 g/mol. The molecule has 4 N–H and O–H groups in total. The minimum Gasteiger partial charge on any atom is -0.488 e. The molecule has 0 spiro atoms. The molecule has 2 rings (SSSR count). The fourth-order valence-corrected chi connectivity index (χ4v) is 3.05. The number of hydrogen-bond acceptors (Lipinski definition) is 6. The number of amides is 1. The average Bonchev–Trinajstić information content (AvgIpc) is 2.59. The molecular formula is C19H28N4O3S. The molecule has 0 aliphatic carbocycles. The Morgan fingerprint density at radius 1 is 1.48 bits per heavy atom. The minimum atomic E-state index is -0.454. The van der Waals surface area contributed by atoms with E-state index in [1.807, 2.05) is 26.8 Å². The lowest BCUT2D eigenvalue weighted by atomic mass is 9.93. The Kier molecular flexibility index (Phi) is 6.78. The summed E-state index contributed by atoms with van der Waals surface area (Å²) in [6.07, 6.45) is 0.902. The van der Waals surface area contributed by atoms with Crippen LogP contribution in [0.25, 0.3) is 0 Å². The van der Waals surface area contributed by atoms with Crippen LogP contribution in [0.4, 0.5) is 0 Å². The van der Waals surface area contributed by atoms with Crippen molar-refractivity contribution in [3.63, 3.8) is 0 Å². The van der Waals surface area contributed by atoms with E-state index in [1.165, 1.54) is 4.90 Å². The highest BCUT2D eigenvalue weighted by molar-refractivity contribution is 7.80. The lowest BCUT2D eigenvalue weighted by Gasteiger charge is -2.34. The van der Waals surface area contributed by atoms with Gasteiger partial charge in [-0.05, 0) is 38.5 Å². The second-order valence-electron chi connectivity index (χ2n) is 7.05. The first kappa shape index (κ1) is 21.1. The van der Waals surface area contributed by atoms with Gasteiger partial charge < -0.3 is 20.9 Å². The summed E-state index contributed by atoms with van der Waals surface area (Å²) >= 11 is 5.08. The number of ether oxygens (including phenoxy) is 2. The largest absolute Gasteiger partial charge is 0.488 e. The van der Waals surface area contributed by atoms with Crippen molar-refractivity contribution in [2.24, 2.45) is 16.5 Å². The van der Waals surface area contributed by atoms with Crippen LogP contribution in [-0.4, -0.2) is 47.1 Å². The monoisotopic (exact) mass is 392 g/mol. The van der Waals surface area contributed by atoms with Crippen molar-refractivity contribution in [1.29, 1.82) is 0 Å². The third kappa shape index (κ3) is 5.17. The number of benzene rings is 1. The van der Waals surface area contributed by atoms with Gasteiger partial charge in [-0.25, -0.2) is 4.99 Å². The van der Waals surface area contributed by atoms with Crippen molar-refractivity contribution < 1.29 is 14.3 Å². The Labute approximate surface area is 165 Å². The molecular weight excluding hydrogens is 364 g/mol. The number of carbonyl (C=O) groups is 1. The first-order chi connectivity index (χ1) is 12.7. The molecule has 8 heteroatoms. The topological polar surface area (TPSA) is 103 Å². The molecule has 0 aromatic heterocycles. The summed E-state index contributed by atoms with van der Waals surface area (Å²) in [5.41, 5.74) is 12.9. The number of thiocarbonyl (C=S) groups is 1. The van der Waals surface area contributed by atoms with E-state index in [1.54, 1.807) is 19.2 Å². The summed E-state index contributed by atoms with van der Waals surface area (Å²) in [6.45, 7) is 6.51. The van der Waals surface area contributed by atoms with Crippen LogP contribution in [0.3, 0.4) is 0 Å². The lowest BCUT2D eigenvalue weighted by Crippen LogP contribution is -2.50. The summed E-state index contributed by atoms with van der Waals surface area (Å²) in [5.74, 6) is 0.777. The molecule has 2 atom stereocenters. The predicted molar refractivity (Wildman–Crippen MR) is 110 cm³/mol. The zero-order valence-electron chi connectivity index (χ0n) is 16.3. The van der Waals surface area contributed by atoms with Crippen molar-refractivity contribution in [2.75, 3.05) is 13.7 Å². The number of rotatable bonds is 8. The number of nitrogens with zero attached hydrogens (tertiary/aromatic N) is 2. The van der Waals surface area contributed by atoms with Crippen LogP contribution in [0.15, 0.2) is 23.2 Å². The highest BCUT2D eigenvalue weighted by Gasteiger charge is 2.35. The van der Waals surface area contributed by atoms with Crippen molar-refractivity contribution >= 4 is 29.1 Å². The van der Waals surface area contributed by atoms with Gasteiger partial charge in [0, 0.05) is 18.2 Å². The standard InChI is InChI=1S/C19H28N4O3S/c1-5-19(3)9-16(24)23(18(21)22-19)10-14-8-13(17(20)27)6-7-15(14)26-12(2)11-25-4/h6-8,12H,5,9-11H2,1-4H3,(H2,20,27)(H2,21,22). The second kappa shape index (κ2) is 8.67. The van der Waals surface area contributed by atoms with E-state index >= 15 is 0 Å². The highest BCUT2D eigenvalue weighted by Crippen LogP contribution is 2.29. The zero-order valence-corrected chi connectivity index (χ0v) is 17.1. The number of hydrogen-bond donors (Lipinski definition) is 2. The van der Waals surface area contributed by atoms with Crippen molar-refractivity contribution in [1.82, 2.24) is 4.90 Å². The van der Waals surface area contributed by atoms with Gasteiger partial charge in [-0.1, -0.05) is 19.1 Å². The number of aliphatic imine (C=N–C) groups is 1. The first-order valence-electron chi connectivity index (χ1n) is 8.93. The van der Waals surface area contributed by atoms with E-state index in [4.69, 9.17) is 33.2 Å². The van der Waals surface area contributed by atoms with Gasteiger partial charge in [0.15, 0.2) is 5.96 Å². The molecule has 1 aliphatic rings. The van der Waals surface area contributed by atoms with Crippen LogP contribution >= 0.6 is 12.2 Å². The van der Waals surface area contributed by atoms with Crippen LogP contribution in [0.1, 0.15) is 44.7 Å². The summed E-state index contributed by atoms with van der Waals surface area (Å²) in [4.78, 5) is 19.0. The van der Waals surface area contributed by atoms with E-state index in [0.717, 1.165) is 12.0 Å². The Balaban J connectivity index is 2.35. The van der Waals surface area contributed by atoms with E-state index < -0.39 is 5.54 Å². The molecule has 0 fully saturated rings. The molecule has 2 unspecified atom stereocenters. The Bertz CT molecular complexity index is 752. The molecule has 1 aliphatic heterocycles. The van der Waals surface area contributed by atoms with E-state index in [9.17, 15) is 4.79 Å². The zero-order chi connectivity index (χ0) is 20.2. The van der Waals surface area contributed by atoms with Crippen molar-refractivity contribution in [3.05, 3.63) is 29.3 Å². The maximum atomic E-state index is 12.7. The smallest absolute Gasteiger partial charge is 0.232 e. The third-order valence-corrected chi connectivity index (χ3v) is 4.89. The molecule has 27 heavy (non-hydrogen) atoms. The fraction of sp³-hybridized carbons (Fsp3) is 0.526. The molecule has 1 amide bonds. The highest BCUT2D eigenvalue weighted by atomic mass is 32.1. The van der Waals surface area contributed by atoms with Gasteiger partial charge in [0.05, 0.1) is 25.1 Å². The van der Waals surface area contributed by atoms with Crippen LogP contribution in [0, 0.1) is 0 Å². The minimum absolute atomic E-state index is 0.0662. The second-order valence-corrected chi connectivity index (χ2v) is 7.49. The molecule has 0 radical (unpaired) electrons. The maximum Gasteiger partial charge on any atom is 0.232 e. The quantitative estimate of drug-likeness (QED) is 0.656. The van der Waals surface area contributed by atoms with Gasteiger partial charge in [-0.15, -0.1) is 0 Å². The van der Waals surface area contributed by atoms with Crippen LogP contribution in [0.5, 0.6) is 5.75 Å². The molecule has 7 nitrogen and oxygen atoms in total. The van der Waals surface area contributed by atoms with Crippen molar-refractivity contribution in [2.45, 2.75) is 51.8 Å². The van der Waals surface area contributed by atoms with Gasteiger partial charge in [-0.3, -0.25) is 9.69 Å². The normalized spacial score (nSPS) is 21.0.